The summed E-state index contributed by atoms with van der Waals surface area (Å²) in [6, 6.07) is 12.8. The van der Waals surface area contributed by atoms with Crippen molar-refractivity contribution in [2.24, 2.45) is 0 Å². The van der Waals surface area contributed by atoms with Gasteiger partial charge in [0.1, 0.15) is 5.92 Å². The molecule has 94 valence electrons. The normalized spacial score (nSPS) is 11.6. The third kappa shape index (κ3) is 3.01. The van der Waals surface area contributed by atoms with Gasteiger partial charge in [-0.25, -0.2) is 0 Å². The average molecular weight is 268 g/mol. The standard InChI is InChI=1S/C15H12N2OS/c1-19-13-4-2-12(3-5-13)15(18)14(10-16)11-6-8-17-9-7-11/h2-9,14H,1H3. The Kier molecular flexibility index (Phi) is 4.32. The summed E-state index contributed by atoms with van der Waals surface area (Å²) < 4.78 is 0. The van der Waals surface area contributed by atoms with Gasteiger partial charge in [0.15, 0.2) is 5.78 Å². The summed E-state index contributed by atoms with van der Waals surface area (Å²) in [7, 11) is 0. The molecule has 1 heterocycles. The summed E-state index contributed by atoms with van der Waals surface area (Å²) in [5, 5.41) is 9.22. The molecule has 0 aliphatic carbocycles. The van der Waals surface area contributed by atoms with Gasteiger partial charge in [-0.05, 0) is 36.1 Å². The summed E-state index contributed by atoms with van der Waals surface area (Å²) in [6.45, 7) is 0. The van der Waals surface area contributed by atoms with E-state index in [-0.39, 0.29) is 5.78 Å². The van der Waals surface area contributed by atoms with E-state index in [4.69, 9.17) is 0 Å². The first kappa shape index (κ1) is 13.3. The molecular formula is C15H12N2OS. The summed E-state index contributed by atoms with van der Waals surface area (Å²) in [5.74, 6) is -0.954. The number of benzene rings is 1. The lowest BCUT2D eigenvalue weighted by Crippen LogP contribution is -2.11. The summed E-state index contributed by atoms with van der Waals surface area (Å²) in [4.78, 5) is 17.3. The lowest BCUT2D eigenvalue weighted by Gasteiger charge is -2.08. The van der Waals surface area contributed by atoms with Crippen LogP contribution in [-0.2, 0) is 0 Å². The smallest absolute Gasteiger partial charge is 0.184 e. The Morgan fingerprint density at radius 3 is 2.37 bits per heavy atom. The second-order valence-electron chi connectivity index (χ2n) is 3.94. The van der Waals surface area contributed by atoms with Crippen molar-refractivity contribution in [3.05, 3.63) is 59.9 Å². The molecule has 4 heteroatoms. The first-order chi connectivity index (χ1) is 9.26. The van der Waals surface area contributed by atoms with E-state index in [2.05, 4.69) is 11.1 Å². The Bertz CT molecular complexity index is 602. The highest BCUT2D eigenvalue weighted by Gasteiger charge is 2.21. The molecule has 0 bridgehead atoms. The number of carbonyl (C=O) groups is 1. The number of aromatic nitrogens is 1. The number of carbonyl (C=O) groups excluding carboxylic acids is 1. The number of nitrogens with zero attached hydrogens (tertiary/aromatic N) is 2. The van der Waals surface area contributed by atoms with Crippen LogP contribution in [0.5, 0.6) is 0 Å². The third-order valence-electron chi connectivity index (χ3n) is 2.81. The Morgan fingerprint density at radius 2 is 1.84 bits per heavy atom. The van der Waals surface area contributed by atoms with Crippen LogP contribution in [0.25, 0.3) is 0 Å². The lowest BCUT2D eigenvalue weighted by molar-refractivity contribution is 0.0979. The van der Waals surface area contributed by atoms with Crippen LogP contribution in [0.15, 0.2) is 53.7 Å². The number of hydrogen-bond acceptors (Lipinski definition) is 4. The maximum absolute atomic E-state index is 12.3. The van der Waals surface area contributed by atoms with Crippen molar-refractivity contribution in [3.8, 4) is 6.07 Å². The molecule has 19 heavy (non-hydrogen) atoms. The molecule has 2 rings (SSSR count). The van der Waals surface area contributed by atoms with Crippen molar-refractivity contribution in [2.45, 2.75) is 10.8 Å². The predicted octanol–water partition coefficient (Wildman–Crippen LogP) is 3.29. The predicted molar refractivity (Wildman–Crippen MR) is 75.1 cm³/mol. The molecule has 0 spiro atoms. The van der Waals surface area contributed by atoms with Crippen LogP contribution in [-0.4, -0.2) is 17.0 Å². The van der Waals surface area contributed by atoms with Gasteiger partial charge >= 0.3 is 0 Å². The van der Waals surface area contributed by atoms with E-state index in [1.54, 1.807) is 48.4 Å². The minimum absolute atomic E-state index is 0.179. The number of thioether (sulfide) groups is 1. The molecule has 1 unspecified atom stereocenters. The number of Topliss-reactive ketones (excluding diaryl/α,β-unsaturated/α-hetero) is 1. The Hall–Kier alpha value is -2.12. The highest BCUT2D eigenvalue weighted by molar-refractivity contribution is 7.98. The van der Waals surface area contributed by atoms with E-state index in [1.165, 1.54) is 0 Å². The van der Waals surface area contributed by atoms with Gasteiger partial charge in [0, 0.05) is 22.9 Å². The van der Waals surface area contributed by atoms with E-state index < -0.39 is 5.92 Å². The van der Waals surface area contributed by atoms with Crippen molar-refractivity contribution < 1.29 is 4.79 Å². The first-order valence-corrected chi connectivity index (χ1v) is 6.96. The zero-order valence-corrected chi connectivity index (χ0v) is 11.2. The molecule has 0 aliphatic heterocycles. The molecule has 0 radical (unpaired) electrons. The molecule has 3 nitrogen and oxygen atoms in total. The minimum Gasteiger partial charge on any atom is -0.292 e. The molecule has 1 aromatic heterocycles. The average Bonchev–Trinajstić information content (AvgIpc) is 2.49. The third-order valence-corrected chi connectivity index (χ3v) is 3.55. The number of hydrogen-bond donors (Lipinski definition) is 0. The van der Waals surface area contributed by atoms with Crippen molar-refractivity contribution in [1.82, 2.24) is 4.98 Å². The fourth-order valence-electron chi connectivity index (χ4n) is 1.76. The van der Waals surface area contributed by atoms with E-state index in [0.29, 0.717) is 11.1 Å². The first-order valence-electron chi connectivity index (χ1n) is 5.74. The van der Waals surface area contributed by atoms with Crippen LogP contribution in [0, 0.1) is 11.3 Å². The van der Waals surface area contributed by atoms with Gasteiger partial charge in [0.25, 0.3) is 0 Å². The van der Waals surface area contributed by atoms with Gasteiger partial charge in [-0.2, -0.15) is 5.26 Å². The Labute approximate surface area is 116 Å². The molecule has 0 saturated heterocycles. The van der Waals surface area contributed by atoms with Crippen LogP contribution >= 0.6 is 11.8 Å². The molecule has 2 aromatic rings. The number of ketones is 1. The summed E-state index contributed by atoms with van der Waals surface area (Å²) in [5.41, 5.74) is 1.23. The topological polar surface area (TPSA) is 53.8 Å². The van der Waals surface area contributed by atoms with Crippen LogP contribution < -0.4 is 0 Å². The molecule has 0 saturated carbocycles. The van der Waals surface area contributed by atoms with Gasteiger partial charge < -0.3 is 0 Å². The van der Waals surface area contributed by atoms with Crippen molar-refractivity contribution in [2.75, 3.05) is 6.26 Å². The summed E-state index contributed by atoms with van der Waals surface area (Å²) >= 11 is 1.62. The van der Waals surface area contributed by atoms with E-state index in [1.807, 2.05) is 18.4 Å². The highest BCUT2D eigenvalue weighted by atomic mass is 32.2. The van der Waals surface area contributed by atoms with Gasteiger partial charge in [-0.3, -0.25) is 9.78 Å². The van der Waals surface area contributed by atoms with Crippen LogP contribution in [0.3, 0.4) is 0 Å². The number of pyridine rings is 1. The maximum Gasteiger partial charge on any atom is 0.184 e. The zero-order valence-electron chi connectivity index (χ0n) is 10.4. The number of nitriles is 1. The van der Waals surface area contributed by atoms with Crippen molar-refractivity contribution in [3.63, 3.8) is 0 Å². The van der Waals surface area contributed by atoms with Gasteiger partial charge in [0.2, 0.25) is 0 Å². The van der Waals surface area contributed by atoms with Crippen LogP contribution in [0.1, 0.15) is 21.8 Å². The quantitative estimate of drug-likeness (QED) is 0.630. The Balaban J connectivity index is 2.29. The monoisotopic (exact) mass is 268 g/mol. The van der Waals surface area contributed by atoms with Gasteiger partial charge in [-0.1, -0.05) is 12.1 Å². The molecule has 1 atom stereocenters. The van der Waals surface area contributed by atoms with Gasteiger partial charge in [0.05, 0.1) is 6.07 Å². The van der Waals surface area contributed by atoms with Crippen LogP contribution in [0.4, 0.5) is 0 Å². The van der Waals surface area contributed by atoms with Crippen molar-refractivity contribution in [1.29, 1.82) is 5.26 Å². The second-order valence-corrected chi connectivity index (χ2v) is 4.82. The minimum atomic E-state index is -0.775. The van der Waals surface area contributed by atoms with Crippen LogP contribution in [0.2, 0.25) is 0 Å². The largest absolute Gasteiger partial charge is 0.292 e. The second kappa shape index (κ2) is 6.17. The fraction of sp³-hybridized carbons (Fsp3) is 0.133. The van der Waals surface area contributed by atoms with E-state index in [9.17, 15) is 10.1 Å². The lowest BCUT2D eigenvalue weighted by atomic mass is 9.93. The van der Waals surface area contributed by atoms with E-state index in [0.717, 1.165) is 4.90 Å². The Morgan fingerprint density at radius 1 is 1.21 bits per heavy atom. The molecule has 0 N–H and O–H groups in total. The molecular weight excluding hydrogens is 256 g/mol. The van der Waals surface area contributed by atoms with E-state index >= 15 is 0 Å². The molecule has 0 aliphatic rings. The molecule has 0 fully saturated rings. The SMILES string of the molecule is CSc1ccc(C(=O)C(C#N)c2ccncc2)cc1. The number of rotatable bonds is 4. The zero-order chi connectivity index (χ0) is 13.7. The van der Waals surface area contributed by atoms with Crippen molar-refractivity contribution >= 4 is 17.5 Å². The summed E-state index contributed by atoms with van der Waals surface area (Å²) in [6.07, 6.45) is 5.15. The molecule has 1 aromatic carbocycles. The molecule has 0 amide bonds. The highest BCUT2D eigenvalue weighted by Crippen LogP contribution is 2.22. The maximum atomic E-state index is 12.3. The van der Waals surface area contributed by atoms with Gasteiger partial charge in [-0.15, -0.1) is 11.8 Å². The fourth-order valence-corrected chi connectivity index (χ4v) is 2.17.